The first-order chi connectivity index (χ1) is 13.3. The lowest BCUT2D eigenvalue weighted by molar-refractivity contribution is -0.125. The summed E-state index contributed by atoms with van der Waals surface area (Å²) in [5, 5.41) is 3.04. The van der Waals surface area contributed by atoms with E-state index < -0.39 is 0 Å². The molecule has 1 aliphatic heterocycles. The summed E-state index contributed by atoms with van der Waals surface area (Å²) in [5.41, 5.74) is 2.49. The number of anilines is 1. The Bertz CT molecular complexity index is 933. The number of carbonyl (C=O) groups excluding carboxylic acids is 1. The molecule has 8 heteroatoms. The van der Waals surface area contributed by atoms with Gasteiger partial charge in [0.25, 0.3) is 0 Å². The number of hydrogen-bond donors (Lipinski definition) is 2. The molecule has 140 valence electrons. The van der Waals surface area contributed by atoms with E-state index in [1.54, 1.807) is 13.4 Å². The zero-order valence-electron chi connectivity index (χ0n) is 15.2. The third-order valence-corrected chi connectivity index (χ3v) is 5.01. The van der Waals surface area contributed by atoms with Crippen molar-refractivity contribution in [2.24, 2.45) is 5.92 Å². The molecule has 0 saturated carbocycles. The summed E-state index contributed by atoms with van der Waals surface area (Å²) in [4.78, 5) is 30.6. The van der Waals surface area contributed by atoms with Gasteiger partial charge in [0.15, 0.2) is 11.5 Å². The molecule has 1 amide bonds. The molecule has 0 aliphatic carbocycles. The van der Waals surface area contributed by atoms with Crippen LogP contribution in [0, 0.1) is 5.92 Å². The molecule has 0 atom stereocenters. The quantitative estimate of drug-likeness (QED) is 0.716. The number of para-hydroxylation sites is 1. The molecular weight excluding hydrogens is 344 g/mol. The maximum Gasteiger partial charge on any atom is 0.223 e. The molecule has 1 aliphatic rings. The number of hydrogen-bond acceptors (Lipinski definition) is 6. The van der Waals surface area contributed by atoms with Crippen LogP contribution in [0.3, 0.4) is 0 Å². The molecule has 3 aromatic rings. The number of aromatic nitrogens is 4. The van der Waals surface area contributed by atoms with E-state index in [-0.39, 0.29) is 11.8 Å². The largest absolute Gasteiger partial charge is 0.496 e. The second kappa shape index (κ2) is 7.61. The van der Waals surface area contributed by atoms with Crippen LogP contribution < -0.4 is 15.0 Å². The molecule has 3 heterocycles. The number of fused-ring (bicyclic) bond motifs is 1. The molecule has 4 rings (SSSR count). The van der Waals surface area contributed by atoms with E-state index in [4.69, 9.17) is 4.74 Å². The molecule has 2 N–H and O–H groups in total. The second-order valence-corrected chi connectivity index (χ2v) is 6.59. The molecule has 2 aromatic heterocycles. The van der Waals surface area contributed by atoms with Gasteiger partial charge in [-0.2, -0.15) is 0 Å². The van der Waals surface area contributed by atoms with Crippen molar-refractivity contribution in [1.29, 1.82) is 0 Å². The first kappa shape index (κ1) is 17.3. The molecule has 27 heavy (non-hydrogen) atoms. The number of ether oxygens (including phenoxy) is 1. The highest BCUT2D eigenvalue weighted by atomic mass is 16.5. The standard InChI is InChI=1S/C19H22N6O2/c1-27-15-5-3-2-4-14(15)10-20-19(26)13-6-8-25(9-7-13)18-16-17(22-11-21-16)23-12-24-18/h2-5,11-13H,6-10H2,1H3,(H,20,26)(H,21,22,23,24). The lowest BCUT2D eigenvalue weighted by atomic mass is 9.95. The number of imidazole rings is 1. The first-order valence-corrected chi connectivity index (χ1v) is 9.05. The highest BCUT2D eigenvalue weighted by molar-refractivity contribution is 5.83. The monoisotopic (exact) mass is 366 g/mol. The fourth-order valence-corrected chi connectivity index (χ4v) is 3.52. The number of nitrogens with zero attached hydrogens (tertiary/aromatic N) is 4. The van der Waals surface area contributed by atoms with E-state index in [0.29, 0.717) is 12.2 Å². The van der Waals surface area contributed by atoms with E-state index >= 15 is 0 Å². The Morgan fingerprint density at radius 2 is 2.07 bits per heavy atom. The minimum Gasteiger partial charge on any atom is -0.496 e. The molecule has 0 unspecified atom stereocenters. The van der Waals surface area contributed by atoms with Crippen molar-refractivity contribution in [2.75, 3.05) is 25.1 Å². The number of H-pyrrole nitrogens is 1. The normalized spacial score (nSPS) is 15.1. The summed E-state index contributed by atoms with van der Waals surface area (Å²) in [6.07, 6.45) is 4.74. The van der Waals surface area contributed by atoms with Gasteiger partial charge in [0.2, 0.25) is 5.91 Å². The Kier molecular flexibility index (Phi) is 4.86. The van der Waals surface area contributed by atoms with Crippen LogP contribution in [0.1, 0.15) is 18.4 Å². The van der Waals surface area contributed by atoms with Crippen LogP contribution in [0.4, 0.5) is 5.82 Å². The fourth-order valence-electron chi connectivity index (χ4n) is 3.52. The number of piperidine rings is 1. The number of benzene rings is 1. The molecule has 1 fully saturated rings. The first-order valence-electron chi connectivity index (χ1n) is 9.05. The van der Waals surface area contributed by atoms with Crippen LogP contribution in [-0.4, -0.2) is 46.0 Å². The summed E-state index contributed by atoms with van der Waals surface area (Å²) in [6, 6.07) is 7.73. The van der Waals surface area contributed by atoms with Gasteiger partial charge in [0.1, 0.15) is 17.6 Å². The molecule has 0 radical (unpaired) electrons. The van der Waals surface area contributed by atoms with Crippen LogP contribution in [0.5, 0.6) is 5.75 Å². The van der Waals surface area contributed by atoms with Gasteiger partial charge in [-0.1, -0.05) is 18.2 Å². The lowest BCUT2D eigenvalue weighted by Gasteiger charge is -2.32. The van der Waals surface area contributed by atoms with Crippen LogP contribution >= 0.6 is 0 Å². The van der Waals surface area contributed by atoms with Crippen LogP contribution in [0.2, 0.25) is 0 Å². The molecule has 1 saturated heterocycles. The summed E-state index contributed by atoms with van der Waals surface area (Å²) in [6.45, 7) is 2.03. The highest BCUT2D eigenvalue weighted by Crippen LogP contribution is 2.26. The van der Waals surface area contributed by atoms with Gasteiger partial charge in [0, 0.05) is 31.1 Å². The van der Waals surface area contributed by atoms with Gasteiger partial charge < -0.3 is 19.9 Å². The van der Waals surface area contributed by atoms with Gasteiger partial charge in [-0.15, -0.1) is 0 Å². The molecular formula is C19H22N6O2. The topological polar surface area (TPSA) is 96.0 Å². The lowest BCUT2D eigenvalue weighted by Crippen LogP contribution is -2.40. The van der Waals surface area contributed by atoms with E-state index in [0.717, 1.165) is 48.6 Å². The number of aromatic amines is 1. The van der Waals surface area contributed by atoms with E-state index in [2.05, 4.69) is 30.2 Å². The van der Waals surface area contributed by atoms with Crippen molar-refractivity contribution in [3.05, 3.63) is 42.5 Å². The SMILES string of the molecule is COc1ccccc1CNC(=O)C1CCN(c2ncnc3nc[nH]c23)CC1. The Hall–Kier alpha value is -3.16. The average Bonchev–Trinajstić information content (AvgIpc) is 3.21. The second-order valence-electron chi connectivity index (χ2n) is 6.59. The van der Waals surface area contributed by atoms with Crippen LogP contribution in [0.15, 0.2) is 36.9 Å². The Morgan fingerprint density at radius 3 is 2.89 bits per heavy atom. The zero-order valence-corrected chi connectivity index (χ0v) is 15.2. The summed E-state index contributed by atoms with van der Waals surface area (Å²) in [7, 11) is 1.64. The van der Waals surface area contributed by atoms with Gasteiger partial charge in [-0.25, -0.2) is 15.0 Å². The summed E-state index contributed by atoms with van der Waals surface area (Å²) >= 11 is 0. The maximum atomic E-state index is 12.6. The van der Waals surface area contributed by atoms with E-state index in [1.165, 1.54) is 6.33 Å². The minimum absolute atomic E-state index is 0.00931. The number of rotatable bonds is 5. The van der Waals surface area contributed by atoms with E-state index in [9.17, 15) is 4.79 Å². The predicted octanol–water partition coefficient (Wildman–Crippen LogP) is 1.89. The highest BCUT2D eigenvalue weighted by Gasteiger charge is 2.26. The Labute approximate surface area is 157 Å². The third-order valence-electron chi connectivity index (χ3n) is 5.01. The molecule has 0 bridgehead atoms. The van der Waals surface area contributed by atoms with Crippen LogP contribution in [-0.2, 0) is 11.3 Å². The van der Waals surface area contributed by atoms with Gasteiger partial charge >= 0.3 is 0 Å². The smallest absolute Gasteiger partial charge is 0.223 e. The van der Waals surface area contributed by atoms with Gasteiger partial charge in [-0.05, 0) is 18.9 Å². The number of carbonyl (C=O) groups is 1. The van der Waals surface area contributed by atoms with E-state index in [1.807, 2.05) is 24.3 Å². The van der Waals surface area contributed by atoms with Crippen molar-refractivity contribution in [3.63, 3.8) is 0 Å². The maximum absolute atomic E-state index is 12.6. The fraction of sp³-hybridized carbons (Fsp3) is 0.368. The van der Waals surface area contributed by atoms with Gasteiger partial charge in [0.05, 0.1) is 13.4 Å². The van der Waals surface area contributed by atoms with Crippen molar-refractivity contribution in [3.8, 4) is 5.75 Å². The average molecular weight is 366 g/mol. The molecule has 8 nitrogen and oxygen atoms in total. The molecule has 0 spiro atoms. The Morgan fingerprint density at radius 1 is 1.26 bits per heavy atom. The predicted molar refractivity (Wildman–Crippen MR) is 101 cm³/mol. The number of nitrogens with one attached hydrogen (secondary N) is 2. The zero-order chi connectivity index (χ0) is 18.6. The van der Waals surface area contributed by atoms with Crippen molar-refractivity contribution in [2.45, 2.75) is 19.4 Å². The minimum atomic E-state index is 0.00931. The number of amides is 1. The van der Waals surface area contributed by atoms with Crippen molar-refractivity contribution < 1.29 is 9.53 Å². The van der Waals surface area contributed by atoms with Crippen molar-refractivity contribution >= 4 is 22.9 Å². The Balaban J connectivity index is 1.35. The van der Waals surface area contributed by atoms with Crippen LogP contribution in [0.25, 0.3) is 11.2 Å². The summed E-state index contributed by atoms with van der Waals surface area (Å²) in [5.74, 6) is 1.75. The number of methoxy groups -OCH3 is 1. The van der Waals surface area contributed by atoms with Gasteiger partial charge in [-0.3, -0.25) is 4.79 Å². The van der Waals surface area contributed by atoms with Crippen molar-refractivity contribution in [1.82, 2.24) is 25.3 Å². The summed E-state index contributed by atoms with van der Waals surface area (Å²) < 4.78 is 5.34. The third kappa shape index (κ3) is 3.55. The molecule has 1 aromatic carbocycles.